The summed E-state index contributed by atoms with van der Waals surface area (Å²) in [6.07, 6.45) is 5.66. The SMILES string of the molecule is C[C@H]1C=CC[P@@]1(C)=S. The lowest BCUT2D eigenvalue weighted by Gasteiger charge is -2.12. The molecule has 46 valence electrons. The maximum absolute atomic E-state index is 5.38. The standard InChI is InChI=1S/C6H11PS/c1-6-4-3-5-7(6,2)8/h3-4,6H,5H2,1-2H3/t6-,7+/m0/s1. The summed E-state index contributed by atoms with van der Waals surface area (Å²) in [4.78, 5) is 0. The maximum atomic E-state index is 5.38. The first-order valence-corrected chi connectivity index (χ1v) is 6.36. The third kappa shape index (κ3) is 1.04. The topological polar surface area (TPSA) is 0 Å². The molecule has 1 rings (SSSR count). The molecule has 8 heavy (non-hydrogen) atoms. The van der Waals surface area contributed by atoms with Crippen molar-refractivity contribution in [1.82, 2.24) is 0 Å². The fourth-order valence-corrected chi connectivity index (χ4v) is 2.64. The second-order valence-corrected chi connectivity index (χ2v) is 8.56. The molecule has 0 fully saturated rings. The molecule has 0 spiro atoms. The molecular formula is C6H11PS. The zero-order valence-electron chi connectivity index (χ0n) is 5.29. The summed E-state index contributed by atoms with van der Waals surface area (Å²) in [5.41, 5.74) is 0.706. The van der Waals surface area contributed by atoms with Crippen molar-refractivity contribution in [2.24, 2.45) is 0 Å². The van der Waals surface area contributed by atoms with Crippen molar-refractivity contribution in [3.63, 3.8) is 0 Å². The van der Waals surface area contributed by atoms with Gasteiger partial charge in [0.1, 0.15) is 0 Å². The van der Waals surface area contributed by atoms with Crippen LogP contribution in [0.2, 0.25) is 0 Å². The van der Waals surface area contributed by atoms with E-state index in [1.54, 1.807) is 0 Å². The van der Waals surface area contributed by atoms with Crippen LogP contribution in [0.3, 0.4) is 0 Å². The minimum Gasteiger partial charge on any atom is -0.0969 e. The van der Waals surface area contributed by atoms with Crippen LogP contribution in [0.5, 0.6) is 0 Å². The van der Waals surface area contributed by atoms with Gasteiger partial charge in [-0.3, -0.25) is 0 Å². The van der Waals surface area contributed by atoms with Crippen LogP contribution in [0.1, 0.15) is 6.92 Å². The summed E-state index contributed by atoms with van der Waals surface area (Å²) in [6, 6.07) is -0.912. The second-order valence-electron chi connectivity index (χ2n) is 2.53. The second kappa shape index (κ2) is 1.97. The van der Waals surface area contributed by atoms with E-state index in [4.69, 9.17) is 11.8 Å². The molecule has 0 saturated heterocycles. The molecule has 0 aromatic heterocycles. The molecule has 0 radical (unpaired) electrons. The Hall–Kier alpha value is 0.390. The van der Waals surface area contributed by atoms with Gasteiger partial charge in [-0.1, -0.05) is 30.9 Å². The molecular weight excluding hydrogens is 135 g/mol. The highest BCUT2D eigenvalue weighted by molar-refractivity contribution is 8.14. The van der Waals surface area contributed by atoms with E-state index < -0.39 is 6.04 Å². The van der Waals surface area contributed by atoms with E-state index in [1.807, 2.05) is 0 Å². The van der Waals surface area contributed by atoms with Crippen LogP contribution in [-0.4, -0.2) is 18.5 Å². The molecule has 1 aliphatic heterocycles. The molecule has 0 bridgehead atoms. The van der Waals surface area contributed by atoms with E-state index in [-0.39, 0.29) is 0 Å². The minimum absolute atomic E-state index is 0.706. The van der Waals surface area contributed by atoms with Gasteiger partial charge in [-0.25, -0.2) is 0 Å². The molecule has 0 saturated carbocycles. The summed E-state index contributed by atoms with van der Waals surface area (Å²) < 4.78 is 0. The number of hydrogen-bond donors (Lipinski definition) is 0. The lowest BCUT2D eigenvalue weighted by atomic mass is 10.4. The highest BCUT2D eigenvalue weighted by Crippen LogP contribution is 2.51. The van der Waals surface area contributed by atoms with Crippen LogP contribution >= 0.6 is 6.04 Å². The van der Waals surface area contributed by atoms with Gasteiger partial charge in [-0.15, -0.1) is 0 Å². The van der Waals surface area contributed by atoms with Gasteiger partial charge in [-0.05, 0) is 18.9 Å². The van der Waals surface area contributed by atoms with Crippen molar-refractivity contribution >= 4 is 17.8 Å². The van der Waals surface area contributed by atoms with E-state index in [9.17, 15) is 0 Å². The Morgan fingerprint density at radius 3 is 2.50 bits per heavy atom. The Morgan fingerprint density at radius 1 is 1.75 bits per heavy atom. The molecule has 0 aromatic carbocycles. The number of hydrogen-bond acceptors (Lipinski definition) is 1. The van der Waals surface area contributed by atoms with Crippen molar-refractivity contribution in [3.8, 4) is 0 Å². The van der Waals surface area contributed by atoms with Crippen molar-refractivity contribution < 1.29 is 0 Å². The van der Waals surface area contributed by atoms with E-state index >= 15 is 0 Å². The highest BCUT2D eigenvalue weighted by atomic mass is 32.4. The lowest BCUT2D eigenvalue weighted by Crippen LogP contribution is -1.92. The van der Waals surface area contributed by atoms with Crippen LogP contribution in [0, 0.1) is 0 Å². The van der Waals surface area contributed by atoms with Gasteiger partial charge in [0.2, 0.25) is 0 Å². The average molecular weight is 146 g/mol. The first-order valence-electron chi connectivity index (χ1n) is 2.86. The summed E-state index contributed by atoms with van der Waals surface area (Å²) >= 11 is 5.38. The van der Waals surface area contributed by atoms with Crippen LogP contribution in [0.25, 0.3) is 0 Å². The number of allylic oxidation sites excluding steroid dienone is 2. The predicted octanol–water partition coefficient (Wildman–Crippen LogP) is 2.05. The Kier molecular flexibility index (Phi) is 1.60. The molecule has 0 aromatic rings. The Morgan fingerprint density at radius 2 is 2.38 bits per heavy atom. The van der Waals surface area contributed by atoms with E-state index in [0.29, 0.717) is 5.66 Å². The molecule has 0 aliphatic carbocycles. The van der Waals surface area contributed by atoms with Crippen LogP contribution in [-0.2, 0) is 11.8 Å². The fraction of sp³-hybridized carbons (Fsp3) is 0.667. The molecule has 0 unspecified atom stereocenters. The Bertz CT molecular complexity index is 160. The lowest BCUT2D eigenvalue weighted by molar-refractivity contribution is 1.24. The van der Waals surface area contributed by atoms with Crippen molar-refractivity contribution in [3.05, 3.63) is 12.2 Å². The van der Waals surface area contributed by atoms with Crippen LogP contribution in [0.4, 0.5) is 0 Å². The maximum Gasteiger partial charge on any atom is 0.00329 e. The summed E-state index contributed by atoms with van der Waals surface area (Å²) in [6.45, 7) is 4.47. The number of rotatable bonds is 0. The molecule has 0 nitrogen and oxygen atoms in total. The van der Waals surface area contributed by atoms with E-state index in [0.717, 1.165) is 0 Å². The summed E-state index contributed by atoms with van der Waals surface area (Å²) in [5.74, 6) is 0. The van der Waals surface area contributed by atoms with Gasteiger partial charge in [0.05, 0.1) is 0 Å². The average Bonchev–Trinajstić information content (AvgIpc) is 1.86. The third-order valence-corrected chi connectivity index (χ3v) is 6.02. The predicted molar refractivity (Wildman–Crippen MR) is 43.7 cm³/mol. The third-order valence-electron chi connectivity index (χ3n) is 1.74. The van der Waals surface area contributed by atoms with Gasteiger partial charge in [0.15, 0.2) is 0 Å². The molecule has 0 N–H and O–H groups in total. The van der Waals surface area contributed by atoms with Gasteiger partial charge in [0.25, 0.3) is 0 Å². The summed E-state index contributed by atoms with van der Waals surface area (Å²) in [7, 11) is 0. The first-order chi connectivity index (χ1) is 3.63. The zero-order chi connectivity index (χ0) is 6.20. The first kappa shape index (κ1) is 6.51. The summed E-state index contributed by atoms with van der Waals surface area (Å²) in [5, 5.41) is 0. The van der Waals surface area contributed by atoms with Crippen LogP contribution in [0.15, 0.2) is 12.2 Å². The van der Waals surface area contributed by atoms with Gasteiger partial charge in [-0.2, -0.15) is 0 Å². The molecule has 2 atom stereocenters. The highest BCUT2D eigenvalue weighted by Gasteiger charge is 2.19. The quantitative estimate of drug-likeness (QED) is 0.372. The van der Waals surface area contributed by atoms with Crippen LogP contribution < -0.4 is 0 Å². The largest absolute Gasteiger partial charge is 0.0969 e. The van der Waals surface area contributed by atoms with Gasteiger partial charge >= 0.3 is 0 Å². The van der Waals surface area contributed by atoms with Crippen molar-refractivity contribution in [1.29, 1.82) is 0 Å². The van der Waals surface area contributed by atoms with Crippen molar-refractivity contribution in [2.75, 3.05) is 12.8 Å². The molecule has 1 aliphatic rings. The van der Waals surface area contributed by atoms with Crippen molar-refractivity contribution in [2.45, 2.75) is 12.6 Å². The molecule has 0 amide bonds. The molecule has 2 heteroatoms. The van der Waals surface area contributed by atoms with Gasteiger partial charge < -0.3 is 0 Å². The van der Waals surface area contributed by atoms with Gasteiger partial charge in [0, 0.05) is 5.66 Å². The molecule has 1 heterocycles. The smallest absolute Gasteiger partial charge is 0.00329 e. The zero-order valence-corrected chi connectivity index (χ0v) is 7.01. The van der Waals surface area contributed by atoms with E-state index in [1.165, 1.54) is 6.16 Å². The normalized spacial score (nSPS) is 45.5. The Labute approximate surface area is 56.0 Å². The fourth-order valence-electron chi connectivity index (χ4n) is 0.815. The monoisotopic (exact) mass is 146 g/mol. The Balaban J connectivity index is 2.79. The minimum atomic E-state index is -0.912. The van der Waals surface area contributed by atoms with E-state index in [2.05, 4.69) is 25.7 Å².